The first-order chi connectivity index (χ1) is 22.0. The zero-order chi connectivity index (χ0) is 31.2. The Balaban J connectivity index is 1.26. The molecule has 0 aliphatic heterocycles. The van der Waals surface area contributed by atoms with Crippen molar-refractivity contribution in [1.82, 2.24) is 0 Å². The molecule has 2 unspecified atom stereocenters. The molecule has 0 heterocycles. The van der Waals surface area contributed by atoms with E-state index >= 15 is 0 Å². The first-order valence-electron chi connectivity index (χ1n) is 15.3. The number of hydrogen-bond acceptors (Lipinski definition) is 6. The molecule has 0 amide bonds. The van der Waals surface area contributed by atoms with Crippen molar-refractivity contribution >= 4 is 23.5 Å². The lowest BCUT2D eigenvalue weighted by Crippen LogP contribution is -2.28. The Morgan fingerprint density at radius 2 is 1.07 bits per heavy atom. The predicted molar refractivity (Wildman–Crippen MR) is 186 cm³/mol. The third-order valence-corrected chi connectivity index (χ3v) is 10.3. The van der Waals surface area contributed by atoms with Crippen molar-refractivity contribution in [3.8, 4) is 22.6 Å². The van der Waals surface area contributed by atoms with Gasteiger partial charge < -0.3 is 19.7 Å². The van der Waals surface area contributed by atoms with Gasteiger partial charge in [-0.2, -0.15) is 0 Å². The third-order valence-electron chi connectivity index (χ3n) is 8.38. The molecule has 6 rings (SSSR count). The second kappa shape index (κ2) is 14.2. The molecule has 2 atom stereocenters. The highest BCUT2D eigenvalue weighted by molar-refractivity contribution is 7.99. The van der Waals surface area contributed by atoms with Gasteiger partial charge in [0.15, 0.2) is 0 Å². The number of aliphatic hydroxyl groups is 2. The molecule has 5 aromatic rings. The quantitative estimate of drug-likeness (QED) is 0.124. The molecule has 0 spiro atoms. The molecule has 0 saturated heterocycles. The third kappa shape index (κ3) is 6.52. The van der Waals surface area contributed by atoms with Crippen LogP contribution in [0, 0.1) is 0 Å². The molecule has 1 aliphatic carbocycles. The summed E-state index contributed by atoms with van der Waals surface area (Å²) in [5.41, 5.74) is 6.64. The number of fused-ring (bicyclic) bond motifs is 3. The lowest BCUT2D eigenvalue weighted by Gasteiger charge is -2.34. The SMILES string of the molecule is CCC(O)COc1ccc(C2(c3ccc(OCC(O)CSc4ccc(SC)cc4)cc3)c3ccccc3-c3ccccc32)cc1. The zero-order valence-corrected chi connectivity index (χ0v) is 27.2. The normalized spacial score (nSPS) is 14.3. The highest BCUT2D eigenvalue weighted by Gasteiger charge is 2.45. The fraction of sp³-hybridized carbons (Fsp3) is 0.231. The highest BCUT2D eigenvalue weighted by Crippen LogP contribution is 2.56. The van der Waals surface area contributed by atoms with E-state index in [4.69, 9.17) is 9.47 Å². The molecular weight excluding hydrogens is 597 g/mol. The highest BCUT2D eigenvalue weighted by atomic mass is 32.2. The molecule has 230 valence electrons. The van der Waals surface area contributed by atoms with Crippen molar-refractivity contribution < 1.29 is 19.7 Å². The lowest BCUT2D eigenvalue weighted by atomic mass is 9.68. The fourth-order valence-corrected chi connectivity index (χ4v) is 7.26. The van der Waals surface area contributed by atoms with Crippen LogP contribution in [0.1, 0.15) is 35.6 Å². The minimum absolute atomic E-state index is 0.222. The van der Waals surface area contributed by atoms with Crippen molar-refractivity contribution in [2.75, 3.05) is 25.2 Å². The standard InChI is InChI=1S/C39H38O4S2/c1-3-29(40)24-42-31-16-12-27(13-17-31)39(37-10-6-4-8-35(37)36-9-5-7-11-38(36)39)28-14-18-32(19-15-28)43-25-30(41)26-45-34-22-20-33(44-2)21-23-34/h4-23,29-30,40-41H,3,24-26H2,1-2H3. The Morgan fingerprint density at radius 3 is 1.56 bits per heavy atom. The summed E-state index contributed by atoms with van der Waals surface area (Å²) in [4.78, 5) is 2.36. The van der Waals surface area contributed by atoms with E-state index in [0.717, 1.165) is 27.5 Å². The summed E-state index contributed by atoms with van der Waals surface area (Å²) in [6.45, 7) is 2.44. The van der Waals surface area contributed by atoms with Gasteiger partial charge in [0, 0.05) is 15.5 Å². The Kier molecular flexibility index (Phi) is 9.86. The van der Waals surface area contributed by atoms with E-state index in [1.165, 1.54) is 27.1 Å². The van der Waals surface area contributed by atoms with Crippen LogP contribution in [-0.2, 0) is 5.41 Å². The van der Waals surface area contributed by atoms with Crippen molar-refractivity contribution in [1.29, 1.82) is 0 Å². The van der Waals surface area contributed by atoms with E-state index in [2.05, 4.69) is 103 Å². The van der Waals surface area contributed by atoms with Crippen LogP contribution >= 0.6 is 23.5 Å². The maximum Gasteiger partial charge on any atom is 0.119 e. The second-order valence-corrected chi connectivity index (χ2v) is 13.2. The number of thioether (sulfide) groups is 2. The van der Waals surface area contributed by atoms with Crippen molar-refractivity contribution in [2.24, 2.45) is 0 Å². The van der Waals surface area contributed by atoms with Gasteiger partial charge in [0.1, 0.15) is 24.7 Å². The van der Waals surface area contributed by atoms with Gasteiger partial charge in [-0.05, 0) is 94.6 Å². The van der Waals surface area contributed by atoms with Crippen molar-refractivity contribution in [3.63, 3.8) is 0 Å². The molecule has 5 aromatic carbocycles. The van der Waals surface area contributed by atoms with Crippen LogP contribution in [0.4, 0.5) is 0 Å². The number of rotatable bonds is 13. The number of benzene rings is 5. The van der Waals surface area contributed by atoms with Gasteiger partial charge in [-0.1, -0.05) is 79.7 Å². The van der Waals surface area contributed by atoms with E-state index in [1.807, 2.05) is 31.2 Å². The molecule has 0 saturated carbocycles. The molecule has 45 heavy (non-hydrogen) atoms. The van der Waals surface area contributed by atoms with Crippen LogP contribution in [-0.4, -0.2) is 47.6 Å². The summed E-state index contributed by atoms with van der Waals surface area (Å²) >= 11 is 3.35. The van der Waals surface area contributed by atoms with Crippen LogP contribution in [0.15, 0.2) is 131 Å². The molecule has 6 heteroatoms. The van der Waals surface area contributed by atoms with Gasteiger partial charge in [-0.25, -0.2) is 0 Å². The Hall–Kier alpha value is -3.68. The van der Waals surface area contributed by atoms with E-state index in [1.54, 1.807) is 23.5 Å². The van der Waals surface area contributed by atoms with Crippen LogP contribution in [0.2, 0.25) is 0 Å². The molecule has 4 nitrogen and oxygen atoms in total. The van der Waals surface area contributed by atoms with Crippen LogP contribution < -0.4 is 9.47 Å². The van der Waals surface area contributed by atoms with Crippen LogP contribution in [0.3, 0.4) is 0 Å². The maximum atomic E-state index is 10.6. The summed E-state index contributed by atoms with van der Waals surface area (Å²) in [5.74, 6) is 2.02. The summed E-state index contributed by atoms with van der Waals surface area (Å²) in [7, 11) is 0. The Bertz CT molecular complexity index is 1660. The average molecular weight is 635 g/mol. The molecule has 0 radical (unpaired) electrons. The van der Waals surface area contributed by atoms with Gasteiger partial charge in [-0.3, -0.25) is 0 Å². The molecule has 0 fully saturated rings. The van der Waals surface area contributed by atoms with E-state index in [9.17, 15) is 10.2 Å². The lowest BCUT2D eigenvalue weighted by molar-refractivity contribution is 0.104. The molecule has 0 aromatic heterocycles. The molecular formula is C39H38O4S2. The minimum Gasteiger partial charge on any atom is -0.491 e. The largest absolute Gasteiger partial charge is 0.491 e. The second-order valence-electron chi connectivity index (χ2n) is 11.2. The number of aliphatic hydroxyl groups excluding tert-OH is 2. The summed E-state index contributed by atoms with van der Waals surface area (Å²) in [6.07, 6.45) is 1.65. The average Bonchev–Trinajstić information content (AvgIpc) is 3.40. The van der Waals surface area contributed by atoms with Gasteiger partial charge >= 0.3 is 0 Å². The van der Waals surface area contributed by atoms with E-state index in [-0.39, 0.29) is 13.2 Å². The minimum atomic E-state index is -0.589. The number of ether oxygens (including phenoxy) is 2. The summed E-state index contributed by atoms with van der Waals surface area (Å²) in [6, 6.07) is 42.2. The fourth-order valence-electron chi connectivity index (χ4n) is 6.04. The summed E-state index contributed by atoms with van der Waals surface area (Å²) in [5, 5.41) is 20.6. The Labute approximate surface area is 274 Å². The smallest absolute Gasteiger partial charge is 0.119 e. The van der Waals surface area contributed by atoms with Crippen molar-refractivity contribution in [3.05, 3.63) is 144 Å². The molecule has 1 aliphatic rings. The summed E-state index contributed by atoms with van der Waals surface area (Å²) < 4.78 is 11.9. The van der Waals surface area contributed by atoms with Crippen LogP contribution in [0.5, 0.6) is 11.5 Å². The predicted octanol–water partition coefficient (Wildman–Crippen LogP) is 8.45. The van der Waals surface area contributed by atoms with Gasteiger partial charge in [-0.15, -0.1) is 23.5 Å². The Morgan fingerprint density at radius 1 is 0.600 bits per heavy atom. The van der Waals surface area contributed by atoms with Crippen LogP contribution in [0.25, 0.3) is 11.1 Å². The van der Waals surface area contributed by atoms with E-state index in [0.29, 0.717) is 12.2 Å². The topological polar surface area (TPSA) is 58.9 Å². The zero-order valence-electron chi connectivity index (χ0n) is 25.6. The maximum absolute atomic E-state index is 10.6. The van der Waals surface area contributed by atoms with Gasteiger partial charge in [0.05, 0.1) is 17.6 Å². The monoisotopic (exact) mass is 634 g/mol. The van der Waals surface area contributed by atoms with Crippen molar-refractivity contribution in [2.45, 2.75) is 40.8 Å². The first kappa shape index (κ1) is 31.3. The first-order valence-corrected chi connectivity index (χ1v) is 17.5. The van der Waals surface area contributed by atoms with Gasteiger partial charge in [0.2, 0.25) is 0 Å². The van der Waals surface area contributed by atoms with E-state index < -0.39 is 17.6 Å². The van der Waals surface area contributed by atoms with Gasteiger partial charge in [0.25, 0.3) is 0 Å². The molecule has 0 bridgehead atoms. The number of hydrogen-bond donors (Lipinski definition) is 2. The molecule has 2 N–H and O–H groups in total.